The third-order valence-electron chi connectivity index (χ3n) is 13.3. The Kier molecular flexibility index (Phi) is 44.8. The first-order valence-corrected chi connectivity index (χ1v) is 33.9. The van der Waals surface area contributed by atoms with Crippen LogP contribution in [0.3, 0.4) is 0 Å². The maximum atomic E-state index is 13.8. The lowest BCUT2D eigenvalue weighted by Gasteiger charge is -2.36. The first kappa shape index (κ1) is 92.0. The van der Waals surface area contributed by atoms with Crippen molar-refractivity contribution < 1.29 is 89.0 Å². The van der Waals surface area contributed by atoms with Gasteiger partial charge in [-0.1, -0.05) is 204 Å². The molecule has 30 heteroatoms. The van der Waals surface area contributed by atoms with Gasteiger partial charge in [-0.15, -0.1) is 24.5 Å². The van der Waals surface area contributed by atoms with Crippen molar-refractivity contribution in [3.05, 3.63) is 103 Å². The van der Waals surface area contributed by atoms with Gasteiger partial charge in [0.15, 0.2) is 5.78 Å². The zero-order chi connectivity index (χ0) is 71.1. The number of aliphatic hydroxyl groups excluding tert-OH is 1. The number of aliphatic carboxylic acids is 1. The summed E-state index contributed by atoms with van der Waals surface area (Å²) in [5, 5.41) is 19.9. The van der Waals surface area contributed by atoms with E-state index in [1.165, 1.54) is 33.9 Å². The van der Waals surface area contributed by atoms with E-state index >= 15 is 0 Å². The second-order valence-corrected chi connectivity index (χ2v) is 30.8. The molecule has 0 bridgehead atoms. The molecule has 0 spiro atoms. The largest absolute Gasteiger partial charge is 0.509 e. The molecule has 0 saturated heterocycles. The number of carbonyl (C=O) groups is 6. The van der Waals surface area contributed by atoms with Gasteiger partial charge in [-0.05, 0) is 114 Å². The second kappa shape index (κ2) is 43.8. The predicted octanol–water partition coefficient (Wildman–Crippen LogP) is 20.2. The first-order valence-electron chi connectivity index (χ1n) is 27.0. The Bertz CT molecular complexity index is 2630. The van der Waals surface area contributed by atoms with Crippen LogP contribution in [0.15, 0.2) is 92.0 Å². The van der Waals surface area contributed by atoms with Gasteiger partial charge >= 0.3 is 36.6 Å². The molecule has 14 nitrogen and oxygen atoms in total. The minimum Gasteiger partial charge on any atom is -0.481 e. The Labute approximate surface area is 599 Å². The van der Waals surface area contributed by atoms with Crippen LogP contribution in [-0.2, 0) is 42.9 Å². The number of carbonyl (C=O) groups excluding carboxylic acids is 5. The summed E-state index contributed by atoms with van der Waals surface area (Å²) in [5.74, 6) is -4.18. The molecule has 0 aliphatic rings. The number of ketones is 2. The molecule has 0 aliphatic heterocycles. The SMILES string of the molecule is C=CC[C@H](C)[C@H](OC(=O)OCC(Cl)(Cl)Cl)C(=C)C(=O)C(C)(C)[C@@H](C)CC(=O)O[C@@H](C/C=C(/C)C=C)/C(C)=C/c1csc(C)n1.C=CC[C@H](C)[C@H](OC(=O)OCC(Cl)(Cl)Cl)[C@@H](C)C(=O)C(C)(C)[C@@H](C)CC(=O)O.FC(F)(F)/C(I)=C/CI.OC/C=C(\I)C(F)(F)F. The monoisotopic (exact) mass is 1760 g/mol. The molecule has 90 heavy (non-hydrogen) atoms. The molecule has 2 N–H and O–H groups in total. The van der Waals surface area contributed by atoms with Gasteiger partial charge in [0.25, 0.3) is 0 Å². The Morgan fingerprint density at radius 2 is 1.18 bits per heavy atom. The summed E-state index contributed by atoms with van der Waals surface area (Å²) in [4.78, 5) is 80.1. The quantitative estimate of drug-likeness (QED) is 0.0108. The number of halogens is 15. The lowest BCUT2D eigenvalue weighted by atomic mass is 9.69. The first-order chi connectivity index (χ1) is 40.9. The molecular weight excluding hydrogens is 1680 g/mol. The number of thiazole rings is 1. The predicted molar refractivity (Wildman–Crippen MR) is 373 cm³/mol. The number of carboxylic acids is 1. The van der Waals surface area contributed by atoms with E-state index in [2.05, 4.69) is 31.3 Å². The van der Waals surface area contributed by atoms with Crippen LogP contribution in [0, 0.1) is 47.3 Å². The van der Waals surface area contributed by atoms with Crippen molar-refractivity contribution in [2.75, 3.05) is 24.2 Å². The molecule has 1 rings (SSSR count). The standard InChI is InChI=1S/C33H44Cl3NO6S.C19H29Cl3O6.C4H3F3I2.C4H4F3IO/c1-11-13-21(4)29(43-31(40)41-19-33(34,35)36)24(7)30(39)32(9,10)23(6)17-28(38)42-27(15-14-20(3)12-2)22(5)16-26-18-44-25(8)37-26;1-7-8-11(2)15(28-17(26)27-10-19(20,21)22)13(4)16(25)18(5,6)12(3)9-14(23)24;5-4(6,7)3(9)1-2-8;5-4(6,7)3(8)1-2-9/h11-12,14,16,18,21,23,27,29H,1-2,7,13,15,17,19H2,3-6,8-10H3;7,11-13,15H,1,8-10H2,2-6H3,(H,23,24);1H,2H2;1,9H,2H2/b20-14-,22-16+;;2*3-1-/t21-,23-,27-,29-;11-,12-,13+,15-;;/m00../s1. The third-order valence-corrected chi connectivity index (χ3v) is 17.3. The molecular formula is C60H80Cl6F6I3NO13S. The number of allylic oxidation sites excluding steroid dienone is 7. The summed E-state index contributed by atoms with van der Waals surface area (Å²) in [6, 6.07) is 0. The highest BCUT2D eigenvalue weighted by Crippen LogP contribution is 2.39. The molecule has 0 amide bonds. The smallest absolute Gasteiger partial charge is 0.481 e. The minimum absolute atomic E-state index is 0.0329. The summed E-state index contributed by atoms with van der Waals surface area (Å²) in [5.41, 5.74) is 0.648. The van der Waals surface area contributed by atoms with Gasteiger partial charge in [0, 0.05) is 51.4 Å². The van der Waals surface area contributed by atoms with Gasteiger partial charge in [0.2, 0.25) is 7.59 Å². The summed E-state index contributed by atoms with van der Waals surface area (Å²) < 4.78 is 91.0. The molecule has 514 valence electrons. The fraction of sp³-hybridized carbons (Fsp3) is 0.583. The number of hydrogen-bond donors (Lipinski definition) is 2. The molecule has 1 aromatic rings. The molecule has 1 heterocycles. The van der Waals surface area contributed by atoms with Crippen LogP contribution in [0.25, 0.3) is 6.08 Å². The van der Waals surface area contributed by atoms with E-state index in [-0.39, 0.29) is 41.8 Å². The number of rotatable bonds is 30. The maximum Gasteiger partial charge on any atom is 0.509 e. The van der Waals surface area contributed by atoms with Crippen LogP contribution in [0.5, 0.6) is 0 Å². The number of aliphatic hydroxyl groups is 1. The van der Waals surface area contributed by atoms with Gasteiger partial charge in [0.1, 0.15) is 37.3 Å². The molecule has 0 radical (unpaired) electrons. The van der Waals surface area contributed by atoms with Gasteiger partial charge in [-0.3, -0.25) is 19.2 Å². The Morgan fingerprint density at radius 1 is 0.711 bits per heavy atom. The molecule has 0 aromatic carbocycles. The number of alkyl halides is 13. The molecule has 0 saturated carbocycles. The number of ether oxygens (including phenoxy) is 5. The van der Waals surface area contributed by atoms with Gasteiger partial charge < -0.3 is 33.9 Å². The summed E-state index contributed by atoms with van der Waals surface area (Å²) in [6.07, 6.45) is -1.06. The highest BCUT2D eigenvalue weighted by atomic mass is 127. The maximum absolute atomic E-state index is 13.8. The average Bonchev–Trinajstić information content (AvgIpc) is 4.00. The van der Waals surface area contributed by atoms with Crippen LogP contribution >= 0.6 is 149 Å². The van der Waals surface area contributed by atoms with Crippen molar-refractivity contribution in [1.29, 1.82) is 0 Å². The summed E-state index contributed by atoms with van der Waals surface area (Å²) in [7, 11) is 0. The number of esters is 1. The zero-order valence-corrected chi connectivity index (χ0v) is 63.7. The Hall–Kier alpha value is -2.16. The number of carboxylic acid groups (broad SMARTS) is 1. The number of nitrogens with zero attached hydrogens (tertiary/aromatic N) is 1. The molecule has 0 fully saturated rings. The topological polar surface area (TPSA) is 202 Å². The van der Waals surface area contributed by atoms with Crippen molar-refractivity contribution in [2.24, 2.45) is 40.4 Å². The van der Waals surface area contributed by atoms with Crippen molar-refractivity contribution in [3.8, 4) is 0 Å². The molecule has 0 unspecified atom stereocenters. The molecule has 1 aromatic heterocycles. The van der Waals surface area contributed by atoms with Crippen LogP contribution in [0.1, 0.15) is 119 Å². The van der Waals surface area contributed by atoms with E-state index in [4.69, 9.17) is 104 Å². The zero-order valence-electron chi connectivity index (χ0n) is 51.8. The van der Waals surface area contributed by atoms with Crippen molar-refractivity contribution >= 4 is 191 Å². The average molecular weight is 1760 g/mol. The number of aryl methyl sites for hydroxylation is 1. The minimum atomic E-state index is -4.30. The van der Waals surface area contributed by atoms with E-state index in [1.807, 2.05) is 67.8 Å². The third kappa shape index (κ3) is 39.0. The highest BCUT2D eigenvalue weighted by Gasteiger charge is 2.44. The van der Waals surface area contributed by atoms with Gasteiger partial charge in [-0.2, -0.15) is 26.3 Å². The van der Waals surface area contributed by atoms with E-state index < -0.39 is 118 Å². The lowest BCUT2D eigenvalue weighted by Crippen LogP contribution is -2.44. The van der Waals surface area contributed by atoms with E-state index in [9.17, 15) is 55.1 Å². The fourth-order valence-corrected chi connectivity index (χ4v) is 10.0. The van der Waals surface area contributed by atoms with Crippen LogP contribution < -0.4 is 0 Å². The van der Waals surface area contributed by atoms with Crippen LogP contribution in [-0.4, -0.2) is 114 Å². The summed E-state index contributed by atoms with van der Waals surface area (Å²) >= 11 is 39.5. The number of Topliss-reactive ketones (excluding diaryl/α,β-unsaturated/α-hetero) is 2. The molecule has 0 aliphatic carbocycles. The second-order valence-electron chi connectivity index (χ2n) is 21.5. The normalized spacial score (nSPS) is 15.5. The van der Waals surface area contributed by atoms with E-state index in [0.717, 1.165) is 50.5 Å². The summed E-state index contributed by atoms with van der Waals surface area (Å²) in [6.45, 7) is 34.9. The lowest BCUT2D eigenvalue weighted by molar-refractivity contribution is -0.150. The Balaban J connectivity index is -0.00000138. The number of hydrogen-bond acceptors (Lipinski definition) is 14. The fourth-order valence-electron chi connectivity index (χ4n) is 7.42. The van der Waals surface area contributed by atoms with E-state index in [0.29, 0.717) is 29.8 Å². The van der Waals surface area contributed by atoms with E-state index in [1.54, 1.807) is 73.6 Å². The Morgan fingerprint density at radius 3 is 1.57 bits per heavy atom. The van der Waals surface area contributed by atoms with Gasteiger partial charge in [0.05, 0.1) is 30.4 Å². The highest BCUT2D eigenvalue weighted by molar-refractivity contribution is 14.1. The van der Waals surface area contributed by atoms with Gasteiger partial charge in [-0.25, -0.2) is 14.6 Å². The van der Waals surface area contributed by atoms with Crippen molar-refractivity contribution in [2.45, 2.75) is 153 Å². The van der Waals surface area contributed by atoms with Crippen LogP contribution in [0.4, 0.5) is 35.9 Å². The number of aromatic nitrogens is 1. The van der Waals surface area contributed by atoms with Crippen LogP contribution in [0.2, 0.25) is 0 Å². The van der Waals surface area contributed by atoms with Crippen molar-refractivity contribution in [3.63, 3.8) is 0 Å². The molecule has 8 atom stereocenters. The van der Waals surface area contributed by atoms with Crippen molar-refractivity contribution in [1.82, 2.24) is 4.98 Å².